The lowest BCUT2D eigenvalue weighted by atomic mass is 9.84. The minimum Gasteiger partial charge on any atom is -0.508 e. The van der Waals surface area contributed by atoms with Crippen LogP contribution in [0.25, 0.3) is 0 Å². The van der Waals surface area contributed by atoms with Crippen molar-refractivity contribution in [2.75, 3.05) is 18.0 Å². The molecule has 3 fully saturated rings. The van der Waals surface area contributed by atoms with Gasteiger partial charge in [-0.25, -0.2) is 9.59 Å². The van der Waals surface area contributed by atoms with E-state index in [9.17, 15) is 44.1 Å². The summed E-state index contributed by atoms with van der Waals surface area (Å²) in [6, 6.07) is 19.4. The van der Waals surface area contributed by atoms with Crippen LogP contribution in [0.4, 0.5) is 15.3 Å². The molecule has 3 aliphatic rings. The second kappa shape index (κ2) is 17.1. The van der Waals surface area contributed by atoms with Crippen molar-refractivity contribution in [3.63, 3.8) is 0 Å². The maximum Gasteiger partial charge on any atom is 0.405 e. The molecule has 3 aromatic carbocycles. The number of nitrogens with one attached hydrogen (secondary N) is 2. The van der Waals surface area contributed by atoms with E-state index in [0.717, 1.165) is 29.7 Å². The lowest BCUT2D eigenvalue weighted by Crippen LogP contribution is -2.59. The van der Waals surface area contributed by atoms with Gasteiger partial charge in [0.05, 0.1) is 12.1 Å². The van der Waals surface area contributed by atoms with Crippen molar-refractivity contribution in [3.8, 4) is 5.75 Å². The average Bonchev–Trinajstić information content (AvgIpc) is 3.97. The van der Waals surface area contributed by atoms with Crippen LogP contribution < -0.4 is 27.0 Å². The molecule has 320 valence electrons. The molecule has 3 saturated heterocycles. The molecule has 0 aliphatic carbocycles. The summed E-state index contributed by atoms with van der Waals surface area (Å²) in [6.07, 6.45) is 0.329. The Balaban J connectivity index is 1.32. The molecule has 6 rings (SSSR count). The first-order chi connectivity index (χ1) is 28.4. The Labute approximate surface area is 348 Å². The highest BCUT2D eigenvalue weighted by Gasteiger charge is 2.53. The fraction of sp³-hybridized carbons (Fsp3) is 0.455. The number of nitrogens with zero attached hydrogens (tertiary/aromatic N) is 3. The van der Waals surface area contributed by atoms with Crippen molar-refractivity contribution >= 4 is 41.5 Å². The van der Waals surface area contributed by atoms with Crippen LogP contribution in [0.1, 0.15) is 101 Å². The standard InChI is InChI=1S/C44H55N7O9/c1-25(2)35(47-41(57)58)37(53)49-23-5-21-43(49,39(45)55)29-11-7-27(8-12-29)33-19-20-34(51(33)31-15-17-32(52)18-16-31)28-9-13-30(14-10-28)44(40(46)56)22-6-24-50(44)38(54)36(26(3)4)48-42(59)60/h7-18,25-26,33-36,47-48,52H,5-6,19-24H2,1-4H3,(H2,45,55)(H2,46,56)(H,57,58)(H,59,60)/t33-,34-,35+,36+,43+,44+/m1/s1. The number of amides is 6. The van der Waals surface area contributed by atoms with Crippen LogP contribution in [0.3, 0.4) is 0 Å². The second-order valence-electron chi connectivity index (χ2n) is 16.8. The largest absolute Gasteiger partial charge is 0.508 e. The molecule has 0 unspecified atom stereocenters. The molecule has 0 saturated carbocycles. The average molecular weight is 826 g/mol. The summed E-state index contributed by atoms with van der Waals surface area (Å²) in [5.41, 5.74) is 13.0. The van der Waals surface area contributed by atoms with Crippen LogP contribution in [0.2, 0.25) is 0 Å². The van der Waals surface area contributed by atoms with E-state index in [1.807, 2.05) is 60.7 Å². The van der Waals surface area contributed by atoms with Crippen LogP contribution in [0.5, 0.6) is 5.75 Å². The summed E-state index contributed by atoms with van der Waals surface area (Å²) in [6.45, 7) is 7.40. The number of carbonyl (C=O) groups is 6. The Morgan fingerprint density at radius 2 is 0.983 bits per heavy atom. The minimum atomic E-state index is -1.47. The highest BCUT2D eigenvalue weighted by atomic mass is 16.4. The molecule has 0 bridgehead atoms. The number of phenols is 1. The SMILES string of the molecule is CC(C)[C@H](NC(=O)O)C(=O)N1CCC[C@@]1(C(N)=O)c1ccc([C@H]2CC[C@H](c3ccc([C@]4(C(N)=O)CCCN4C(=O)[C@@H](NC(=O)O)C(C)C)cc3)N2c2ccc(O)cc2)cc1. The van der Waals surface area contributed by atoms with Crippen molar-refractivity contribution in [1.29, 1.82) is 0 Å². The second-order valence-corrected chi connectivity index (χ2v) is 16.8. The molecule has 9 N–H and O–H groups in total. The zero-order valence-corrected chi connectivity index (χ0v) is 34.3. The van der Waals surface area contributed by atoms with Gasteiger partial charge in [0.25, 0.3) is 0 Å². The van der Waals surface area contributed by atoms with Gasteiger partial charge in [-0.1, -0.05) is 76.2 Å². The molecule has 6 atom stereocenters. The number of aromatic hydroxyl groups is 1. The number of hydrogen-bond acceptors (Lipinski definition) is 8. The summed E-state index contributed by atoms with van der Waals surface area (Å²) >= 11 is 0. The van der Waals surface area contributed by atoms with Crippen molar-refractivity contribution in [2.45, 2.75) is 101 Å². The van der Waals surface area contributed by atoms with Gasteiger partial charge in [-0.2, -0.15) is 0 Å². The molecule has 3 heterocycles. The van der Waals surface area contributed by atoms with Gasteiger partial charge in [0, 0.05) is 18.8 Å². The number of hydrogen-bond donors (Lipinski definition) is 7. The van der Waals surface area contributed by atoms with Gasteiger partial charge in [0.2, 0.25) is 23.6 Å². The first-order valence-electron chi connectivity index (χ1n) is 20.4. The monoisotopic (exact) mass is 825 g/mol. The molecule has 0 radical (unpaired) electrons. The molecule has 6 amide bonds. The molecular formula is C44H55N7O9. The normalized spacial score (nSPS) is 23.7. The Bertz CT molecular complexity index is 1980. The van der Waals surface area contributed by atoms with E-state index in [-0.39, 0.29) is 55.6 Å². The summed E-state index contributed by atoms with van der Waals surface area (Å²) < 4.78 is 0. The van der Waals surface area contributed by atoms with Gasteiger partial charge >= 0.3 is 12.2 Å². The van der Waals surface area contributed by atoms with Gasteiger partial charge in [0.1, 0.15) is 28.9 Å². The Morgan fingerprint density at radius 3 is 1.30 bits per heavy atom. The molecule has 0 aromatic heterocycles. The maximum atomic E-state index is 13.9. The van der Waals surface area contributed by atoms with E-state index < -0.39 is 59.0 Å². The number of benzene rings is 3. The predicted molar refractivity (Wildman–Crippen MR) is 221 cm³/mol. The van der Waals surface area contributed by atoms with E-state index in [0.29, 0.717) is 24.0 Å². The van der Waals surface area contributed by atoms with E-state index in [1.54, 1.807) is 39.8 Å². The molecular weight excluding hydrogens is 771 g/mol. The van der Waals surface area contributed by atoms with E-state index in [1.165, 1.54) is 9.80 Å². The van der Waals surface area contributed by atoms with E-state index in [4.69, 9.17) is 11.5 Å². The fourth-order valence-corrected chi connectivity index (χ4v) is 9.67. The highest BCUT2D eigenvalue weighted by Crippen LogP contribution is 2.49. The van der Waals surface area contributed by atoms with Gasteiger partial charge < -0.3 is 52.1 Å². The van der Waals surface area contributed by atoms with Crippen molar-refractivity contribution in [1.82, 2.24) is 20.4 Å². The number of carboxylic acid groups (broad SMARTS) is 2. The molecule has 60 heavy (non-hydrogen) atoms. The van der Waals surface area contributed by atoms with Crippen molar-refractivity contribution in [2.24, 2.45) is 23.3 Å². The molecule has 16 nitrogen and oxygen atoms in total. The molecule has 0 spiro atoms. The first kappa shape index (κ1) is 43.3. The van der Waals surface area contributed by atoms with Gasteiger partial charge in [-0.15, -0.1) is 0 Å². The highest BCUT2D eigenvalue weighted by molar-refractivity contribution is 5.96. The summed E-state index contributed by atoms with van der Waals surface area (Å²) in [7, 11) is 0. The maximum absolute atomic E-state index is 13.9. The van der Waals surface area contributed by atoms with Crippen molar-refractivity contribution < 1.29 is 44.1 Å². The van der Waals surface area contributed by atoms with Crippen LogP contribution in [0, 0.1) is 11.8 Å². The van der Waals surface area contributed by atoms with E-state index >= 15 is 0 Å². The Hall–Kier alpha value is -6.32. The van der Waals surface area contributed by atoms with Gasteiger partial charge in [0.15, 0.2) is 0 Å². The molecule has 16 heteroatoms. The molecule has 3 aromatic rings. The van der Waals surface area contributed by atoms with Crippen LogP contribution in [-0.2, 0) is 30.3 Å². The van der Waals surface area contributed by atoms with Crippen LogP contribution in [-0.4, -0.2) is 86.1 Å². The van der Waals surface area contributed by atoms with E-state index in [2.05, 4.69) is 15.5 Å². The van der Waals surface area contributed by atoms with Crippen LogP contribution in [0.15, 0.2) is 72.8 Å². The third-order valence-corrected chi connectivity index (χ3v) is 12.6. The lowest BCUT2D eigenvalue weighted by molar-refractivity contribution is -0.146. The topological polar surface area (TPSA) is 249 Å². The van der Waals surface area contributed by atoms with Crippen molar-refractivity contribution in [3.05, 3.63) is 95.1 Å². The number of likely N-dealkylation sites (tertiary alicyclic amines) is 2. The van der Waals surface area contributed by atoms with Gasteiger partial charge in [-0.05, 0) is 96.9 Å². The third-order valence-electron chi connectivity index (χ3n) is 12.6. The number of rotatable bonds is 13. The third kappa shape index (κ3) is 7.77. The predicted octanol–water partition coefficient (Wildman–Crippen LogP) is 4.67. The number of nitrogens with two attached hydrogens (primary N) is 2. The fourth-order valence-electron chi connectivity index (χ4n) is 9.67. The first-order valence-corrected chi connectivity index (χ1v) is 20.4. The molecule has 3 aliphatic heterocycles. The Kier molecular flexibility index (Phi) is 12.3. The number of anilines is 1. The summed E-state index contributed by atoms with van der Waals surface area (Å²) in [5, 5.41) is 33.7. The quantitative estimate of drug-likeness (QED) is 0.126. The lowest BCUT2D eigenvalue weighted by Gasteiger charge is -2.39. The Morgan fingerprint density at radius 1 is 0.617 bits per heavy atom. The zero-order valence-electron chi connectivity index (χ0n) is 34.3. The summed E-state index contributed by atoms with van der Waals surface area (Å²) in [4.78, 5) is 82.7. The number of carbonyl (C=O) groups excluding carboxylic acids is 4. The van der Waals surface area contributed by atoms with Gasteiger partial charge in [-0.3, -0.25) is 19.2 Å². The minimum absolute atomic E-state index is 0.108. The smallest absolute Gasteiger partial charge is 0.405 e. The zero-order chi connectivity index (χ0) is 43.7. The number of phenolic OH excluding ortho intramolecular Hbond substituents is 1. The number of primary amides is 2. The summed E-state index contributed by atoms with van der Waals surface area (Å²) in [5.74, 6) is -3.08. The van der Waals surface area contributed by atoms with Crippen LogP contribution >= 0.6 is 0 Å².